The average molecular weight is 478 g/mol. The number of carbonyl (C=O) groups excluding carboxylic acids is 1. The average Bonchev–Trinajstić information content (AvgIpc) is 3.27. The smallest absolute Gasteiger partial charge is 0.172 e. The van der Waals surface area contributed by atoms with Gasteiger partial charge in [-0.25, -0.2) is 4.39 Å². The van der Waals surface area contributed by atoms with Crippen LogP contribution >= 0.6 is 0 Å². The van der Waals surface area contributed by atoms with Gasteiger partial charge in [-0.05, 0) is 61.6 Å². The maximum Gasteiger partial charge on any atom is 0.172 e. The molecule has 1 heterocycles. The molecule has 4 rings (SSSR count). The second-order valence-electron chi connectivity index (χ2n) is 8.37. The molecule has 0 bridgehead atoms. The van der Waals surface area contributed by atoms with Crippen molar-refractivity contribution >= 4 is 16.7 Å². The number of aliphatic hydroxyl groups excluding tert-OH is 1. The van der Waals surface area contributed by atoms with Crippen LogP contribution in [0.2, 0.25) is 0 Å². The summed E-state index contributed by atoms with van der Waals surface area (Å²) in [5.41, 5.74) is 3.91. The second kappa shape index (κ2) is 12.2. The van der Waals surface area contributed by atoms with Gasteiger partial charge in [-0.2, -0.15) is 0 Å². The van der Waals surface area contributed by atoms with Crippen molar-refractivity contribution in [3.05, 3.63) is 83.8 Å². The number of hydrogen-bond donors (Lipinski definition) is 2. The minimum absolute atomic E-state index is 0.122. The van der Waals surface area contributed by atoms with Crippen LogP contribution in [0, 0.1) is 11.7 Å². The summed E-state index contributed by atoms with van der Waals surface area (Å²) >= 11 is 0. The molecule has 0 amide bonds. The summed E-state index contributed by atoms with van der Waals surface area (Å²) in [7, 11) is 1.42. The van der Waals surface area contributed by atoms with Gasteiger partial charge in [0.05, 0.1) is 19.3 Å². The Morgan fingerprint density at radius 2 is 1.86 bits per heavy atom. The van der Waals surface area contributed by atoms with Gasteiger partial charge in [-0.1, -0.05) is 43.3 Å². The van der Waals surface area contributed by atoms with E-state index >= 15 is 0 Å². The molecule has 0 aliphatic heterocycles. The van der Waals surface area contributed by atoms with E-state index < -0.39 is 5.82 Å². The van der Waals surface area contributed by atoms with E-state index in [0.717, 1.165) is 6.42 Å². The lowest BCUT2D eigenvalue weighted by Crippen LogP contribution is -2.03. The van der Waals surface area contributed by atoms with Crippen LogP contribution in [0.4, 0.5) is 4.39 Å². The van der Waals surface area contributed by atoms with Crippen LogP contribution in [0.15, 0.2) is 66.9 Å². The number of nitrogens with one attached hydrogen (secondary N) is 1. The first-order chi connectivity index (χ1) is 16.9. The highest BCUT2D eigenvalue weighted by atomic mass is 19.1. The zero-order valence-corrected chi connectivity index (χ0v) is 20.6. The number of H-pyrrole nitrogens is 1. The molecule has 2 N–H and O–H groups in total. The maximum atomic E-state index is 14.3. The topological polar surface area (TPSA) is 71.6 Å². The number of aromatic amines is 1. The Hall–Kier alpha value is -3.64. The number of methoxy groups -OCH3 is 1. The Bertz CT molecular complexity index is 1280. The van der Waals surface area contributed by atoms with Gasteiger partial charge in [-0.15, -0.1) is 0 Å². The van der Waals surface area contributed by atoms with E-state index in [1.165, 1.54) is 30.5 Å². The molecule has 0 radical (unpaired) electrons. The first-order valence-electron chi connectivity index (χ1n) is 11.7. The van der Waals surface area contributed by atoms with E-state index in [-0.39, 0.29) is 18.1 Å². The summed E-state index contributed by atoms with van der Waals surface area (Å²) in [6.07, 6.45) is 2.97. The monoisotopic (exact) mass is 477 g/mol. The van der Waals surface area contributed by atoms with Gasteiger partial charge in [0.25, 0.3) is 0 Å². The number of fused-ring (bicyclic) bond motifs is 1. The van der Waals surface area contributed by atoms with Crippen LogP contribution in [-0.4, -0.2) is 36.2 Å². The lowest BCUT2D eigenvalue weighted by Gasteiger charge is -2.12. The van der Waals surface area contributed by atoms with Gasteiger partial charge < -0.3 is 19.6 Å². The van der Waals surface area contributed by atoms with E-state index in [1.54, 1.807) is 36.4 Å². The fraction of sp³-hybridized carbons (Fsp3) is 0.276. The van der Waals surface area contributed by atoms with E-state index in [4.69, 9.17) is 14.6 Å². The number of carbonyl (C=O) groups is 1. The molecule has 0 saturated carbocycles. The molecule has 4 aromatic rings. The molecule has 0 spiro atoms. The number of rotatable bonds is 8. The summed E-state index contributed by atoms with van der Waals surface area (Å²) in [5, 5.41) is 10.3. The van der Waals surface area contributed by atoms with Gasteiger partial charge in [0.1, 0.15) is 5.75 Å². The van der Waals surface area contributed by atoms with Crippen LogP contribution in [0.1, 0.15) is 36.7 Å². The lowest BCUT2D eigenvalue weighted by molar-refractivity contribution is 0.101. The summed E-state index contributed by atoms with van der Waals surface area (Å²) in [4.78, 5) is 15.0. The fourth-order valence-electron chi connectivity index (χ4n) is 3.89. The summed E-state index contributed by atoms with van der Waals surface area (Å²) in [5.74, 6) is 0.444. The van der Waals surface area contributed by atoms with Gasteiger partial charge in [0.2, 0.25) is 0 Å². The number of benzene rings is 3. The number of Topliss-reactive ketones (excluding diaryl/α,β-unsaturated/α-hetero) is 1. The molecule has 35 heavy (non-hydrogen) atoms. The molecule has 0 aliphatic rings. The quantitative estimate of drug-likeness (QED) is 0.287. The number of aromatic nitrogens is 1. The van der Waals surface area contributed by atoms with Crippen LogP contribution in [0.25, 0.3) is 22.0 Å². The predicted molar refractivity (Wildman–Crippen MR) is 138 cm³/mol. The maximum absolute atomic E-state index is 14.3. The fourth-order valence-corrected chi connectivity index (χ4v) is 3.89. The molecular weight excluding hydrogens is 445 g/mol. The number of ketones is 1. The minimum atomic E-state index is -0.446. The molecular formula is C29H32FNO4. The van der Waals surface area contributed by atoms with Gasteiger partial charge in [-0.3, -0.25) is 4.79 Å². The standard InChI is InChI=1S/C17H17FO3.C12H15NO/c1-4-21-15-9-8-12(10-14(15)11(2)19)13-6-5-7-16(20-3)17(13)18;1-9(8-14)6-10-7-13-12-5-3-2-4-11(10)12/h5-10H,4H2,1-3H3;2-5,7,9,13-14H,6,8H2,1H3. The third-order valence-electron chi connectivity index (χ3n) is 5.71. The molecule has 0 aliphatic carbocycles. The molecule has 1 atom stereocenters. The van der Waals surface area contributed by atoms with Gasteiger partial charge in [0.15, 0.2) is 17.3 Å². The van der Waals surface area contributed by atoms with Crippen molar-refractivity contribution in [3.63, 3.8) is 0 Å². The summed E-state index contributed by atoms with van der Waals surface area (Å²) < 4.78 is 24.7. The van der Waals surface area contributed by atoms with Crippen molar-refractivity contribution in [2.45, 2.75) is 27.2 Å². The minimum Gasteiger partial charge on any atom is -0.494 e. The highest BCUT2D eigenvalue weighted by molar-refractivity contribution is 5.98. The van der Waals surface area contributed by atoms with Crippen molar-refractivity contribution in [1.29, 1.82) is 0 Å². The summed E-state index contributed by atoms with van der Waals surface area (Å²) in [6.45, 7) is 6.08. The SMILES string of the molecule is CC(CO)Cc1c[nH]c2ccccc12.CCOc1ccc(-c2cccc(OC)c2F)cc1C(C)=O. The van der Waals surface area contributed by atoms with Gasteiger partial charge >= 0.3 is 0 Å². The Morgan fingerprint density at radius 1 is 1.09 bits per heavy atom. The van der Waals surface area contributed by atoms with Crippen molar-refractivity contribution in [2.75, 3.05) is 20.3 Å². The number of halogens is 1. The Kier molecular flexibility index (Phi) is 9.04. The van der Waals surface area contributed by atoms with E-state index in [0.29, 0.717) is 35.0 Å². The third-order valence-corrected chi connectivity index (χ3v) is 5.71. The van der Waals surface area contributed by atoms with E-state index in [9.17, 15) is 9.18 Å². The molecule has 1 unspecified atom stereocenters. The van der Waals surface area contributed by atoms with Crippen LogP contribution in [-0.2, 0) is 6.42 Å². The van der Waals surface area contributed by atoms with Crippen LogP contribution in [0.3, 0.4) is 0 Å². The zero-order chi connectivity index (χ0) is 25.4. The third kappa shape index (κ3) is 6.28. The second-order valence-corrected chi connectivity index (χ2v) is 8.37. The molecule has 0 saturated heterocycles. The number of hydrogen-bond acceptors (Lipinski definition) is 4. The Labute approximate surface area is 205 Å². The predicted octanol–water partition coefficient (Wildman–Crippen LogP) is 6.44. The molecule has 5 nitrogen and oxygen atoms in total. The van der Waals surface area contributed by atoms with Crippen LogP contribution in [0.5, 0.6) is 11.5 Å². The largest absolute Gasteiger partial charge is 0.494 e. The molecule has 6 heteroatoms. The van der Waals surface area contributed by atoms with Crippen molar-refractivity contribution in [3.8, 4) is 22.6 Å². The Balaban J connectivity index is 0.000000211. The first-order valence-corrected chi connectivity index (χ1v) is 11.7. The highest BCUT2D eigenvalue weighted by Gasteiger charge is 2.14. The van der Waals surface area contributed by atoms with E-state index in [1.807, 2.05) is 25.3 Å². The lowest BCUT2D eigenvalue weighted by atomic mass is 10.00. The molecule has 0 fully saturated rings. The number of para-hydroxylation sites is 1. The van der Waals surface area contributed by atoms with E-state index in [2.05, 4.69) is 24.0 Å². The Morgan fingerprint density at radius 3 is 2.54 bits per heavy atom. The number of ether oxygens (including phenoxy) is 2. The first kappa shape index (κ1) is 26.0. The summed E-state index contributed by atoms with van der Waals surface area (Å²) in [6, 6.07) is 18.2. The van der Waals surface area contributed by atoms with Crippen molar-refractivity contribution in [2.24, 2.45) is 5.92 Å². The van der Waals surface area contributed by atoms with Crippen molar-refractivity contribution in [1.82, 2.24) is 4.98 Å². The highest BCUT2D eigenvalue weighted by Crippen LogP contribution is 2.32. The molecule has 1 aromatic heterocycles. The van der Waals surface area contributed by atoms with Crippen LogP contribution < -0.4 is 9.47 Å². The van der Waals surface area contributed by atoms with Crippen molar-refractivity contribution < 1.29 is 23.8 Å². The molecule has 3 aromatic carbocycles. The number of aliphatic hydroxyl groups is 1. The van der Waals surface area contributed by atoms with Gasteiger partial charge in [0, 0.05) is 29.3 Å². The normalized spacial score (nSPS) is 11.5. The molecule has 184 valence electrons. The zero-order valence-electron chi connectivity index (χ0n) is 20.6.